The Morgan fingerprint density at radius 2 is 0.938 bits per heavy atom. The summed E-state index contributed by atoms with van der Waals surface area (Å²) in [5.74, 6) is 1.38. The molecule has 6 aromatic carbocycles. The topological polar surface area (TPSA) is 77.7 Å². The van der Waals surface area contributed by atoms with Crippen LogP contribution >= 0.6 is 0 Å². The van der Waals surface area contributed by atoms with Gasteiger partial charge in [0.15, 0.2) is 0 Å². The molecule has 4 heterocycles. The monoisotopic (exact) mass is 1030 g/mol. The van der Waals surface area contributed by atoms with Crippen LogP contribution in [0.4, 0.5) is 11.4 Å². The Bertz CT molecular complexity index is 2650. The molecule has 0 amide bonds. The third kappa shape index (κ3) is 14.4. The fourth-order valence-corrected chi connectivity index (χ4v) is 6.32. The van der Waals surface area contributed by atoms with E-state index in [0.717, 1.165) is 55.7 Å². The van der Waals surface area contributed by atoms with Crippen LogP contribution < -0.4 is 5.32 Å². The minimum absolute atomic E-state index is 0. The van der Waals surface area contributed by atoms with E-state index in [-0.39, 0.29) is 46.3 Å². The smallest absolute Gasteiger partial charge is 0.686 e. The van der Waals surface area contributed by atoms with Crippen molar-refractivity contribution in [3.8, 4) is 22.5 Å². The van der Waals surface area contributed by atoms with Crippen molar-refractivity contribution in [1.29, 1.82) is 0 Å². The van der Waals surface area contributed by atoms with E-state index in [2.05, 4.69) is 132 Å². The quantitative estimate of drug-likeness (QED) is 0.106. The second-order valence-corrected chi connectivity index (χ2v) is 15.4. The largest absolute Gasteiger partial charge is 2.00 e. The molecule has 4 aromatic heterocycles. The van der Waals surface area contributed by atoms with E-state index in [0.29, 0.717) is 0 Å². The number of anilines is 1. The Balaban J connectivity index is 0.000000179. The number of benzene rings is 6. The summed E-state index contributed by atoms with van der Waals surface area (Å²) in [6, 6.07) is 62.9. The van der Waals surface area contributed by atoms with Crippen molar-refractivity contribution in [3.05, 3.63) is 225 Å². The Labute approximate surface area is 412 Å². The van der Waals surface area contributed by atoms with Crippen molar-refractivity contribution in [3.63, 3.8) is 0 Å². The number of pyridine rings is 4. The van der Waals surface area contributed by atoms with Crippen LogP contribution in [0.5, 0.6) is 0 Å². The molecular weight excluding hydrogens is 982 g/mol. The number of hydrogen-bond donors (Lipinski definition) is 1. The normalized spacial score (nSPS) is 10.3. The predicted molar refractivity (Wildman–Crippen MR) is 268 cm³/mol. The van der Waals surface area contributed by atoms with E-state index in [9.17, 15) is 0 Å². The molecule has 0 aliphatic carbocycles. The molecule has 0 aliphatic rings. The molecule has 0 atom stereocenters. The van der Waals surface area contributed by atoms with Gasteiger partial charge in [-0.25, -0.2) is 0 Å². The van der Waals surface area contributed by atoms with Crippen LogP contribution in [0.3, 0.4) is 0 Å². The summed E-state index contributed by atoms with van der Waals surface area (Å²) >= 11 is 0. The van der Waals surface area contributed by atoms with E-state index < -0.39 is 0 Å². The van der Waals surface area contributed by atoms with Gasteiger partial charge in [-0.05, 0) is 69.8 Å². The van der Waals surface area contributed by atoms with Gasteiger partial charge in [-0.3, -0.25) is 15.4 Å². The summed E-state index contributed by atoms with van der Waals surface area (Å²) in [6.45, 7) is 12.4. The Morgan fingerprint density at radius 3 is 1.40 bits per heavy atom. The average Bonchev–Trinajstić information content (AvgIpc) is 3.35. The van der Waals surface area contributed by atoms with E-state index in [4.69, 9.17) is 0 Å². The van der Waals surface area contributed by atoms with Gasteiger partial charge in [-0.15, -0.1) is 96.7 Å². The molecule has 0 radical (unpaired) electrons. The van der Waals surface area contributed by atoms with Crippen LogP contribution in [0.1, 0.15) is 27.7 Å². The number of aromatic nitrogens is 4. The molecule has 0 unspecified atom stereocenters. The maximum atomic E-state index is 4.38. The SMILES string of the molecule is CNc1ccccc1-c1ccccn1.C[N-]c1ccccc1-c1ccccn1.[CH2-]C(C)(C)[C-](C)C.[Pd+2].[Pd].[c-]1cccc2ccc3cccnc3c12.[c-]1cccc2ccc3cccnc3c12. The van der Waals surface area contributed by atoms with E-state index in [1.54, 1.807) is 13.2 Å². The fraction of sp³-hybridized carbons (Fsp3) is 0.123. The summed E-state index contributed by atoms with van der Waals surface area (Å²) in [7, 11) is 3.71. The van der Waals surface area contributed by atoms with Gasteiger partial charge < -0.3 is 33.4 Å². The van der Waals surface area contributed by atoms with Gasteiger partial charge in [0.1, 0.15) is 0 Å². The molecule has 6 nitrogen and oxygen atoms in total. The van der Waals surface area contributed by atoms with E-state index in [1.807, 2.05) is 141 Å². The van der Waals surface area contributed by atoms with Crippen LogP contribution in [0.25, 0.3) is 71.2 Å². The zero-order chi connectivity index (χ0) is 44.4. The van der Waals surface area contributed by atoms with Gasteiger partial charge >= 0.3 is 20.4 Å². The van der Waals surface area contributed by atoms with Crippen LogP contribution in [0.15, 0.2) is 195 Å². The zero-order valence-corrected chi connectivity index (χ0v) is 40.7. The maximum absolute atomic E-state index is 4.38. The third-order valence-electron chi connectivity index (χ3n) is 10.4. The van der Waals surface area contributed by atoms with E-state index in [1.165, 1.54) is 27.5 Å². The Morgan fingerprint density at radius 1 is 0.523 bits per heavy atom. The molecule has 10 rings (SSSR count). The first kappa shape index (κ1) is 51.5. The minimum Gasteiger partial charge on any atom is -0.686 e. The number of nitrogens with one attached hydrogen (secondary N) is 1. The molecule has 0 saturated carbocycles. The second-order valence-electron chi connectivity index (χ2n) is 15.4. The van der Waals surface area contributed by atoms with Crippen molar-refractivity contribution < 1.29 is 40.8 Å². The van der Waals surface area contributed by atoms with Crippen molar-refractivity contribution in [2.24, 2.45) is 5.41 Å². The van der Waals surface area contributed by atoms with Crippen molar-refractivity contribution in [1.82, 2.24) is 19.9 Å². The Hall–Kier alpha value is -6.12. The summed E-state index contributed by atoms with van der Waals surface area (Å²) in [4.78, 5) is 17.4. The number of rotatable bonds is 5. The van der Waals surface area contributed by atoms with Crippen molar-refractivity contribution in [2.75, 3.05) is 19.4 Å². The minimum atomic E-state index is 0. The Kier molecular flexibility index (Phi) is 20.6. The standard InChI is InChI=1S/2C13H8N.C12H12N2.C12H11N2.C7H14.2Pd/c2*1-2-6-12-10(4-1)7-8-11-5-3-9-14-13(11)12;2*1-13-11-7-3-2-6-10(11)12-8-4-5-9-14-12;1-6(2)7(3,4)5;;/h2*1-5,7-9H;2-9,13H,1H3;2-9H,1H3;3H2,1-2,4-5H3;;/q2*-1;;-1;-2;;+2. The predicted octanol–water partition coefficient (Wildman–Crippen LogP) is 15.0. The molecule has 0 fully saturated rings. The first-order valence-corrected chi connectivity index (χ1v) is 20.9. The van der Waals surface area contributed by atoms with E-state index >= 15 is 0 Å². The molecule has 0 saturated heterocycles. The summed E-state index contributed by atoms with van der Waals surface area (Å²) in [5.41, 5.74) is 8.49. The van der Waals surface area contributed by atoms with Gasteiger partial charge in [0.05, 0.1) is 11.4 Å². The molecule has 0 spiro atoms. The summed E-state index contributed by atoms with van der Waals surface area (Å²) in [6.07, 6.45) is 7.24. The molecular formula is C57H53N6Pd2-3. The summed E-state index contributed by atoms with van der Waals surface area (Å²) < 4.78 is 0. The number of hydrogen-bond acceptors (Lipinski definition) is 5. The average molecular weight is 1030 g/mol. The first-order chi connectivity index (χ1) is 30.7. The van der Waals surface area contributed by atoms with Gasteiger partial charge in [0.25, 0.3) is 0 Å². The van der Waals surface area contributed by atoms with Crippen LogP contribution in [-0.2, 0) is 40.8 Å². The first-order valence-electron chi connectivity index (χ1n) is 20.9. The van der Waals surface area contributed by atoms with Crippen LogP contribution in [0, 0.1) is 30.4 Å². The molecule has 334 valence electrons. The zero-order valence-electron chi connectivity index (χ0n) is 37.6. The molecule has 65 heavy (non-hydrogen) atoms. The van der Waals surface area contributed by atoms with Gasteiger partial charge in [-0.2, -0.15) is 13.8 Å². The van der Waals surface area contributed by atoms with Gasteiger partial charge in [0.2, 0.25) is 0 Å². The molecule has 10 aromatic rings. The molecule has 8 heteroatoms. The van der Waals surface area contributed by atoms with Gasteiger partial charge in [0, 0.05) is 63.5 Å². The maximum Gasteiger partial charge on any atom is 2.00 e. The molecule has 1 N–H and O–H groups in total. The number of fused-ring (bicyclic) bond motifs is 6. The van der Waals surface area contributed by atoms with Gasteiger partial charge in [-0.1, -0.05) is 91.0 Å². The third-order valence-corrected chi connectivity index (χ3v) is 10.4. The fourth-order valence-electron chi connectivity index (χ4n) is 6.32. The van der Waals surface area contributed by atoms with Crippen LogP contribution in [-0.4, -0.2) is 34.0 Å². The second kappa shape index (κ2) is 26.0. The number of para-hydroxylation sites is 2. The van der Waals surface area contributed by atoms with Crippen LogP contribution in [0.2, 0.25) is 0 Å². The van der Waals surface area contributed by atoms with Crippen molar-refractivity contribution in [2.45, 2.75) is 27.7 Å². The molecule has 0 aliphatic heterocycles. The molecule has 0 bridgehead atoms. The summed E-state index contributed by atoms with van der Waals surface area (Å²) in [5, 5.41) is 14.3. The number of nitrogens with zero attached hydrogens (tertiary/aromatic N) is 5. The van der Waals surface area contributed by atoms with Crippen molar-refractivity contribution >= 4 is 54.7 Å².